The van der Waals surface area contributed by atoms with Crippen LogP contribution in [0.2, 0.25) is 0 Å². The van der Waals surface area contributed by atoms with Gasteiger partial charge in [-0.2, -0.15) is 0 Å². The number of benzene rings is 2. The van der Waals surface area contributed by atoms with Crippen LogP contribution in [0.5, 0.6) is 0 Å². The molecule has 2 aromatic heterocycles. The average Bonchev–Trinajstić information content (AvgIpc) is 3.12. The molecule has 0 aliphatic carbocycles. The van der Waals surface area contributed by atoms with Gasteiger partial charge in [0.1, 0.15) is 17.7 Å². The second-order valence-corrected chi connectivity index (χ2v) is 5.79. The first-order valence-electron chi connectivity index (χ1n) is 8.09. The molecule has 26 heavy (non-hydrogen) atoms. The number of primary amides is 1. The summed E-state index contributed by atoms with van der Waals surface area (Å²) in [7, 11) is 0. The topological polar surface area (TPSA) is 110 Å². The van der Waals surface area contributed by atoms with Gasteiger partial charge in [0.25, 0.3) is 0 Å². The van der Waals surface area contributed by atoms with Crippen molar-refractivity contribution in [2.75, 3.05) is 5.32 Å². The van der Waals surface area contributed by atoms with Crippen LogP contribution in [0.1, 0.15) is 15.9 Å². The van der Waals surface area contributed by atoms with Gasteiger partial charge in [-0.3, -0.25) is 4.79 Å². The highest BCUT2D eigenvalue weighted by atomic mass is 16.1. The van der Waals surface area contributed by atoms with Gasteiger partial charge in [-0.15, -0.1) is 0 Å². The van der Waals surface area contributed by atoms with Crippen molar-refractivity contribution < 1.29 is 4.79 Å². The second kappa shape index (κ2) is 6.64. The smallest absolute Gasteiger partial charge is 0.248 e. The Morgan fingerprint density at radius 2 is 1.81 bits per heavy atom. The van der Waals surface area contributed by atoms with Crippen LogP contribution in [0.25, 0.3) is 22.6 Å². The summed E-state index contributed by atoms with van der Waals surface area (Å²) in [6.07, 6.45) is 1.48. The molecule has 7 nitrogen and oxygen atoms in total. The molecule has 128 valence electrons. The van der Waals surface area contributed by atoms with Crippen molar-refractivity contribution in [1.82, 2.24) is 19.9 Å². The Hall–Kier alpha value is -3.74. The van der Waals surface area contributed by atoms with Gasteiger partial charge >= 0.3 is 0 Å². The molecule has 7 heteroatoms. The lowest BCUT2D eigenvalue weighted by Gasteiger charge is -2.05. The maximum absolute atomic E-state index is 11.2. The molecule has 1 amide bonds. The molecule has 0 aliphatic rings. The number of nitrogens with two attached hydrogens (primary N) is 1. The van der Waals surface area contributed by atoms with Crippen LogP contribution in [-0.4, -0.2) is 25.8 Å². The quantitative estimate of drug-likeness (QED) is 0.516. The number of hydrogen-bond acceptors (Lipinski definition) is 5. The van der Waals surface area contributed by atoms with Crippen molar-refractivity contribution in [2.24, 2.45) is 5.73 Å². The Kier molecular flexibility index (Phi) is 4.03. The van der Waals surface area contributed by atoms with E-state index in [1.165, 1.54) is 6.33 Å². The van der Waals surface area contributed by atoms with Crippen molar-refractivity contribution in [3.63, 3.8) is 0 Å². The molecule has 2 heterocycles. The largest absolute Gasteiger partial charge is 0.366 e. The van der Waals surface area contributed by atoms with Gasteiger partial charge in [-0.1, -0.05) is 42.5 Å². The second-order valence-electron chi connectivity index (χ2n) is 5.79. The number of nitrogens with one attached hydrogen (secondary N) is 2. The molecule has 0 aliphatic heterocycles. The maximum atomic E-state index is 11.2. The van der Waals surface area contributed by atoms with Gasteiger partial charge in [0.15, 0.2) is 11.5 Å². The number of aromatic nitrogens is 4. The number of amides is 1. The van der Waals surface area contributed by atoms with E-state index in [0.717, 1.165) is 16.6 Å². The summed E-state index contributed by atoms with van der Waals surface area (Å²) in [5, 5.41) is 3.31. The molecular weight excluding hydrogens is 328 g/mol. The SMILES string of the molecule is NC(=O)c1ccc(-c2nc3ncnc(NCc4ccccc4)c3[nH]2)cc1. The Bertz CT molecular complexity index is 1060. The number of anilines is 1. The monoisotopic (exact) mass is 344 g/mol. The van der Waals surface area contributed by atoms with E-state index in [2.05, 4.69) is 25.3 Å². The van der Waals surface area contributed by atoms with Gasteiger partial charge in [-0.25, -0.2) is 15.0 Å². The molecule has 0 fully saturated rings. The summed E-state index contributed by atoms with van der Waals surface area (Å²) in [6.45, 7) is 0.647. The van der Waals surface area contributed by atoms with Crippen molar-refractivity contribution in [3.8, 4) is 11.4 Å². The molecule has 2 aromatic carbocycles. The fraction of sp³-hybridized carbons (Fsp3) is 0.0526. The van der Waals surface area contributed by atoms with E-state index in [0.29, 0.717) is 29.4 Å². The third kappa shape index (κ3) is 3.10. The molecule has 4 N–H and O–H groups in total. The molecule has 0 saturated carbocycles. The minimum atomic E-state index is -0.459. The van der Waals surface area contributed by atoms with Crippen LogP contribution in [0.3, 0.4) is 0 Å². The van der Waals surface area contributed by atoms with Crippen LogP contribution in [0.15, 0.2) is 60.9 Å². The Morgan fingerprint density at radius 1 is 1.04 bits per heavy atom. The van der Waals surface area contributed by atoms with E-state index >= 15 is 0 Å². The summed E-state index contributed by atoms with van der Waals surface area (Å²) in [5.41, 5.74) is 9.03. The third-order valence-corrected chi connectivity index (χ3v) is 4.03. The van der Waals surface area contributed by atoms with Crippen molar-refractivity contribution in [3.05, 3.63) is 72.1 Å². The van der Waals surface area contributed by atoms with Crippen LogP contribution >= 0.6 is 0 Å². The number of aromatic amines is 1. The fourth-order valence-electron chi connectivity index (χ4n) is 2.67. The van der Waals surface area contributed by atoms with Gasteiger partial charge in [0, 0.05) is 17.7 Å². The minimum Gasteiger partial charge on any atom is -0.366 e. The van der Waals surface area contributed by atoms with E-state index in [1.54, 1.807) is 24.3 Å². The first-order valence-corrected chi connectivity index (χ1v) is 8.09. The Balaban J connectivity index is 1.63. The number of nitrogens with zero attached hydrogens (tertiary/aromatic N) is 3. The van der Waals surface area contributed by atoms with Gasteiger partial charge in [0.05, 0.1) is 0 Å². The predicted molar refractivity (Wildman–Crippen MR) is 99.4 cm³/mol. The van der Waals surface area contributed by atoms with Gasteiger partial charge in [-0.05, 0) is 17.7 Å². The summed E-state index contributed by atoms with van der Waals surface area (Å²) in [4.78, 5) is 27.5. The predicted octanol–water partition coefficient (Wildman–Crippen LogP) is 2.73. The molecule has 0 atom stereocenters. The lowest BCUT2D eigenvalue weighted by Crippen LogP contribution is -2.10. The standard InChI is InChI=1S/C19H16N6O/c20-16(26)13-6-8-14(9-7-13)17-24-15-18(22-11-23-19(15)25-17)21-10-12-4-2-1-3-5-12/h1-9,11H,10H2,(H2,20,26)(H2,21,22,23,24,25). The van der Waals surface area contributed by atoms with Gasteiger partial charge in [0.2, 0.25) is 5.91 Å². The van der Waals surface area contributed by atoms with Gasteiger partial charge < -0.3 is 16.0 Å². The first kappa shape index (κ1) is 15.8. The number of H-pyrrole nitrogens is 1. The number of hydrogen-bond donors (Lipinski definition) is 3. The van der Waals surface area contributed by atoms with Crippen LogP contribution in [-0.2, 0) is 6.54 Å². The van der Waals surface area contributed by atoms with E-state index in [1.807, 2.05) is 30.3 Å². The van der Waals surface area contributed by atoms with E-state index < -0.39 is 5.91 Å². The van der Waals surface area contributed by atoms with Crippen LogP contribution in [0, 0.1) is 0 Å². The molecule has 0 saturated heterocycles. The average molecular weight is 344 g/mol. The Morgan fingerprint density at radius 3 is 2.54 bits per heavy atom. The summed E-state index contributed by atoms with van der Waals surface area (Å²) < 4.78 is 0. The number of rotatable bonds is 5. The summed E-state index contributed by atoms with van der Waals surface area (Å²) in [5.74, 6) is 0.880. The number of imidazole rings is 1. The molecular formula is C19H16N6O. The highest BCUT2D eigenvalue weighted by Crippen LogP contribution is 2.23. The first-order chi connectivity index (χ1) is 12.7. The molecule has 0 radical (unpaired) electrons. The summed E-state index contributed by atoms with van der Waals surface area (Å²) in [6, 6.07) is 17.0. The molecule has 4 rings (SSSR count). The molecule has 0 bridgehead atoms. The number of fused-ring (bicyclic) bond motifs is 1. The highest BCUT2D eigenvalue weighted by molar-refractivity contribution is 5.93. The minimum absolute atomic E-state index is 0.454. The van der Waals surface area contributed by atoms with Crippen molar-refractivity contribution >= 4 is 22.9 Å². The van der Waals surface area contributed by atoms with Crippen LogP contribution < -0.4 is 11.1 Å². The zero-order valence-corrected chi connectivity index (χ0v) is 13.8. The fourth-order valence-corrected chi connectivity index (χ4v) is 2.67. The lowest BCUT2D eigenvalue weighted by atomic mass is 10.1. The Labute approximate surface area is 149 Å². The maximum Gasteiger partial charge on any atom is 0.248 e. The van der Waals surface area contributed by atoms with E-state index in [4.69, 9.17) is 5.73 Å². The molecule has 0 spiro atoms. The van der Waals surface area contributed by atoms with Crippen molar-refractivity contribution in [1.29, 1.82) is 0 Å². The van der Waals surface area contributed by atoms with E-state index in [9.17, 15) is 4.79 Å². The number of carbonyl (C=O) groups is 1. The van der Waals surface area contributed by atoms with E-state index in [-0.39, 0.29) is 0 Å². The van der Waals surface area contributed by atoms with Crippen molar-refractivity contribution in [2.45, 2.75) is 6.54 Å². The molecule has 0 unspecified atom stereocenters. The zero-order valence-electron chi connectivity index (χ0n) is 13.8. The number of carbonyl (C=O) groups excluding carboxylic acids is 1. The molecule has 4 aromatic rings. The zero-order chi connectivity index (χ0) is 17.9. The lowest BCUT2D eigenvalue weighted by molar-refractivity contribution is 0.100. The van der Waals surface area contributed by atoms with Crippen LogP contribution in [0.4, 0.5) is 5.82 Å². The third-order valence-electron chi connectivity index (χ3n) is 4.03. The normalized spacial score (nSPS) is 10.8. The highest BCUT2D eigenvalue weighted by Gasteiger charge is 2.11. The summed E-state index contributed by atoms with van der Waals surface area (Å²) >= 11 is 0.